The van der Waals surface area contributed by atoms with E-state index in [1.807, 2.05) is 6.07 Å². The molecule has 2 N–H and O–H groups in total. The minimum Gasteiger partial charge on any atom is -0.354 e. The monoisotopic (exact) mass is 339 g/mol. The van der Waals surface area contributed by atoms with Gasteiger partial charge in [-0.3, -0.25) is 9.78 Å². The normalized spacial score (nSPS) is 12.8. The standard InChI is InChI=1S/C13H17N5O4S/c1-9(18-23(2,20)21)13(19)15-8-6-11-16-12(17-22-11)10-5-3-4-7-14-10/h3-5,7,9,18H,6,8H2,1-2H3,(H,15,19)/t9-/m1/s1. The number of nitrogens with one attached hydrogen (secondary N) is 2. The van der Waals surface area contributed by atoms with Crippen LogP contribution in [0.4, 0.5) is 0 Å². The minimum absolute atomic E-state index is 0.248. The number of carbonyl (C=O) groups is 1. The van der Waals surface area contributed by atoms with Gasteiger partial charge in [0.15, 0.2) is 0 Å². The van der Waals surface area contributed by atoms with E-state index in [1.165, 1.54) is 6.92 Å². The predicted octanol–water partition coefficient (Wildman–Crippen LogP) is -0.272. The summed E-state index contributed by atoms with van der Waals surface area (Å²) in [5, 5.41) is 6.41. The fourth-order valence-corrected chi connectivity index (χ4v) is 2.53. The van der Waals surface area contributed by atoms with Gasteiger partial charge >= 0.3 is 0 Å². The Hall–Kier alpha value is -2.33. The first-order chi connectivity index (χ1) is 10.8. The van der Waals surface area contributed by atoms with Crippen molar-refractivity contribution < 1.29 is 17.7 Å². The molecule has 0 aliphatic rings. The zero-order valence-electron chi connectivity index (χ0n) is 12.7. The van der Waals surface area contributed by atoms with E-state index in [-0.39, 0.29) is 6.54 Å². The van der Waals surface area contributed by atoms with Crippen molar-refractivity contribution in [3.8, 4) is 11.5 Å². The Morgan fingerprint density at radius 3 is 2.83 bits per heavy atom. The lowest BCUT2D eigenvalue weighted by atomic mass is 10.3. The molecule has 0 unspecified atom stereocenters. The molecule has 0 aromatic carbocycles. The second kappa shape index (κ2) is 7.29. The van der Waals surface area contributed by atoms with Crippen molar-refractivity contribution in [3.63, 3.8) is 0 Å². The van der Waals surface area contributed by atoms with Crippen LogP contribution in [0.3, 0.4) is 0 Å². The number of hydrogen-bond donors (Lipinski definition) is 2. The lowest BCUT2D eigenvalue weighted by Crippen LogP contribution is -2.44. The van der Waals surface area contributed by atoms with Gasteiger partial charge in [-0.2, -0.15) is 4.98 Å². The number of pyridine rings is 1. The molecule has 2 heterocycles. The Balaban J connectivity index is 1.83. The summed E-state index contributed by atoms with van der Waals surface area (Å²) >= 11 is 0. The Morgan fingerprint density at radius 1 is 1.39 bits per heavy atom. The van der Waals surface area contributed by atoms with Crippen molar-refractivity contribution in [1.82, 2.24) is 25.2 Å². The predicted molar refractivity (Wildman–Crippen MR) is 81.7 cm³/mol. The van der Waals surface area contributed by atoms with Crippen LogP contribution in [0.5, 0.6) is 0 Å². The first kappa shape index (κ1) is 17.0. The summed E-state index contributed by atoms with van der Waals surface area (Å²) in [5.41, 5.74) is 0.595. The fourth-order valence-electron chi connectivity index (χ4n) is 1.78. The van der Waals surface area contributed by atoms with Gasteiger partial charge in [0.1, 0.15) is 5.69 Å². The number of carbonyl (C=O) groups excluding carboxylic acids is 1. The molecule has 124 valence electrons. The maximum absolute atomic E-state index is 11.7. The molecule has 2 aromatic rings. The largest absolute Gasteiger partial charge is 0.354 e. The number of nitrogens with zero attached hydrogens (tertiary/aromatic N) is 3. The third kappa shape index (κ3) is 5.42. The van der Waals surface area contributed by atoms with Crippen LogP contribution in [0.15, 0.2) is 28.9 Å². The zero-order valence-corrected chi connectivity index (χ0v) is 13.5. The van der Waals surface area contributed by atoms with Gasteiger partial charge in [-0.1, -0.05) is 11.2 Å². The molecule has 0 fully saturated rings. The number of hydrogen-bond acceptors (Lipinski definition) is 7. The van der Waals surface area contributed by atoms with E-state index in [4.69, 9.17) is 4.52 Å². The molecule has 0 saturated carbocycles. The number of aromatic nitrogens is 3. The molecule has 2 rings (SSSR count). The maximum Gasteiger partial charge on any atom is 0.237 e. The fraction of sp³-hybridized carbons (Fsp3) is 0.385. The number of rotatable bonds is 7. The molecule has 0 bridgehead atoms. The SMILES string of the molecule is C[C@@H](NS(C)(=O)=O)C(=O)NCCc1nc(-c2ccccn2)no1. The molecular formula is C13H17N5O4S. The van der Waals surface area contributed by atoms with E-state index in [1.54, 1.807) is 18.3 Å². The van der Waals surface area contributed by atoms with Crippen molar-refractivity contribution in [2.24, 2.45) is 0 Å². The first-order valence-corrected chi connectivity index (χ1v) is 8.73. The molecule has 9 nitrogen and oxygen atoms in total. The second-order valence-corrected chi connectivity index (χ2v) is 6.66. The third-order valence-corrected chi connectivity index (χ3v) is 3.57. The maximum atomic E-state index is 11.7. The average molecular weight is 339 g/mol. The third-order valence-electron chi connectivity index (χ3n) is 2.78. The summed E-state index contributed by atoms with van der Waals surface area (Å²) in [4.78, 5) is 20.0. The van der Waals surface area contributed by atoms with Crippen molar-refractivity contribution in [2.75, 3.05) is 12.8 Å². The van der Waals surface area contributed by atoms with Gasteiger partial charge in [0.2, 0.25) is 27.6 Å². The van der Waals surface area contributed by atoms with Gasteiger partial charge in [-0.25, -0.2) is 13.1 Å². The van der Waals surface area contributed by atoms with Gasteiger partial charge in [-0.05, 0) is 19.1 Å². The molecule has 23 heavy (non-hydrogen) atoms. The van der Waals surface area contributed by atoms with Crippen LogP contribution in [0.2, 0.25) is 0 Å². The van der Waals surface area contributed by atoms with E-state index >= 15 is 0 Å². The summed E-state index contributed by atoms with van der Waals surface area (Å²) in [6.07, 6.45) is 2.95. The molecule has 0 aliphatic carbocycles. The molecule has 0 saturated heterocycles. The molecule has 0 spiro atoms. The van der Waals surface area contributed by atoms with Crippen LogP contribution in [0.1, 0.15) is 12.8 Å². The Morgan fingerprint density at radius 2 is 2.17 bits per heavy atom. The highest BCUT2D eigenvalue weighted by Crippen LogP contribution is 2.11. The van der Waals surface area contributed by atoms with Crippen LogP contribution < -0.4 is 10.0 Å². The van der Waals surface area contributed by atoms with Crippen molar-refractivity contribution in [2.45, 2.75) is 19.4 Å². The van der Waals surface area contributed by atoms with E-state index in [2.05, 4.69) is 25.2 Å². The summed E-state index contributed by atoms with van der Waals surface area (Å²) in [7, 11) is -3.43. The molecule has 2 aromatic heterocycles. The molecule has 1 amide bonds. The highest BCUT2D eigenvalue weighted by atomic mass is 32.2. The van der Waals surface area contributed by atoms with Crippen molar-refractivity contribution >= 4 is 15.9 Å². The van der Waals surface area contributed by atoms with Gasteiger partial charge in [0.05, 0.1) is 12.3 Å². The highest BCUT2D eigenvalue weighted by Gasteiger charge is 2.17. The number of sulfonamides is 1. The van der Waals surface area contributed by atoms with E-state index < -0.39 is 22.0 Å². The topological polar surface area (TPSA) is 127 Å². The lowest BCUT2D eigenvalue weighted by molar-refractivity contribution is -0.122. The highest BCUT2D eigenvalue weighted by molar-refractivity contribution is 7.88. The quantitative estimate of drug-likeness (QED) is 0.710. The van der Waals surface area contributed by atoms with Crippen LogP contribution in [-0.2, 0) is 21.2 Å². The Kier molecular flexibility index (Phi) is 5.40. The molecule has 0 radical (unpaired) electrons. The van der Waals surface area contributed by atoms with Gasteiger partial charge < -0.3 is 9.84 Å². The zero-order chi connectivity index (χ0) is 16.9. The number of amides is 1. The van der Waals surface area contributed by atoms with E-state index in [0.717, 1.165) is 6.26 Å². The molecule has 0 aliphatic heterocycles. The minimum atomic E-state index is -3.43. The summed E-state index contributed by atoms with van der Waals surface area (Å²) in [5.74, 6) is 0.300. The van der Waals surface area contributed by atoms with Gasteiger partial charge in [-0.15, -0.1) is 0 Å². The van der Waals surface area contributed by atoms with Gasteiger partial charge in [0, 0.05) is 19.2 Å². The smallest absolute Gasteiger partial charge is 0.237 e. The Bertz CT molecular complexity index is 760. The van der Waals surface area contributed by atoms with E-state index in [9.17, 15) is 13.2 Å². The average Bonchev–Trinajstić information content (AvgIpc) is 2.95. The summed E-state index contributed by atoms with van der Waals surface area (Å²) < 4.78 is 29.4. The van der Waals surface area contributed by atoms with Crippen LogP contribution >= 0.6 is 0 Å². The van der Waals surface area contributed by atoms with E-state index in [0.29, 0.717) is 23.8 Å². The molecule has 10 heteroatoms. The van der Waals surface area contributed by atoms with Gasteiger partial charge in [0.25, 0.3) is 0 Å². The van der Waals surface area contributed by atoms with Crippen LogP contribution in [0.25, 0.3) is 11.5 Å². The van der Waals surface area contributed by atoms with Crippen molar-refractivity contribution in [3.05, 3.63) is 30.3 Å². The first-order valence-electron chi connectivity index (χ1n) is 6.84. The van der Waals surface area contributed by atoms with Crippen molar-refractivity contribution in [1.29, 1.82) is 0 Å². The molecular weight excluding hydrogens is 322 g/mol. The van der Waals surface area contributed by atoms with Crippen LogP contribution in [-0.4, -0.2) is 48.3 Å². The summed E-state index contributed by atoms with van der Waals surface area (Å²) in [6.45, 7) is 1.71. The van der Waals surface area contributed by atoms with Crippen LogP contribution in [0, 0.1) is 0 Å². The lowest BCUT2D eigenvalue weighted by Gasteiger charge is -2.11. The second-order valence-electron chi connectivity index (χ2n) is 4.88. The Labute approximate surface area is 133 Å². The molecule has 1 atom stereocenters. The summed E-state index contributed by atoms with van der Waals surface area (Å²) in [6, 6.07) is 4.51.